The summed E-state index contributed by atoms with van der Waals surface area (Å²) < 4.78 is 17.9. The van der Waals surface area contributed by atoms with E-state index >= 15 is 0 Å². The number of hydrogen-bond donors (Lipinski definition) is 2. The largest absolute Gasteiger partial charge is 0.504 e. The minimum atomic E-state index is -0.517. The molecule has 35 heavy (non-hydrogen) atoms. The van der Waals surface area contributed by atoms with E-state index < -0.39 is 11.6 Å². The lowest BCUT2D eigenvalue weighted by Crippen LogP contribution is -2.69. The Labute approximate surface area is 208 Å². The summed E-state index contributed by atoms with van der Waals surface area (Å²) in [4.78, 5) is 15.5. The van der Waals surface area contributed by atoms with Crippen molar-refractivity contribution in [3.63, 3.8) is 0 Å². The van der Waals surface area contributed by atoms with E-state index in [9.17, 15) is 9.90 Å². The minimum Gasteiger partial charge on any atom is -0.504 e. The molecular weight excluding hydrogens is 444 g/mol. The number of methoxy groups -OCH3 is 1. The zero-order valence-corrected chi connectivity index (χ0v) is 21.7. The minimum absolute atomic E-state index is 0.0278. The highest BCUT2D eigenvalue weighted by molar-refractivity contribution is 5.75. The molecule has 3 fully saturated rings. The molecule has 2 heterocycles. The maximum Gasteiger partial charge on any atom is 0.323 e. The van der Waals surface area contributed by atoms with Crippen LogP contribution in [0.2, 0.25) is 0 Å². The van der Waals surface area contributed by atoms with Crippen molar-refractivity contribution in [1.29, 1.82) is 0 Å². The Morgan fingerprint density at radius 1 is 1.34 bits per heavy atom. The quantitative estimate of drug-likeness (QED) is 0.601. The van der Waals surface area contributed by atoms with Gasteiger partial charge in [-0.1, -0.05) is 6.07 Å². The van der Waals surface area contributed by atoms with E-state index in [1.807, 2.05) is 34.8 Å². The number of esters is 1. The van der Waals surface area contributed by atoms with E-state index in [0.717, 1.165) is 38.8 Å². The molecule has 1 spiro atoms. The number of nitrogens with zero attached hydrogens (tertiary/aromatic N) is 1. The van der Waals surface area contributed by atoms with Gasteiger partial charge in [0.15, 0.2) is 11.5 Å². The molecule has 0 amide bonds. The first-order valence-corrected chi connectivity index (χ1v) is 13.4. The number of hydrogen-bond acceptors (Lipinski definition) is 7. The molecule has 2 bridgehead atoms. The number of ether oxygens (including phenoxy) is 3. The van der Waals surface area contributed by atoms with Gasteiger partial charge in [0.2, 0.25) is 0 Å². The number of carbonyl (C=O) groups excluding carboxylic acids is 1. The van der Waals surface area contributed by atoms with Crippen LogP contribution >= 0.6 is 0 Å². The van der Waals surface area contributed by atoms with E-state index in [0.29, 0.717) is 29.7 Å². The van der Waals surface area contributed by atoms with Crippen LogP contribution in [0.15, 0.2) is 12.1 Å². The molecule has 6 rings (SSSR count). The average Bonchev–Trinajstić information content (AvgIpc) is 3.45. The Kier molecular flexibility index (Phi) is 5.44. The molecule has 2 unspecified atom stereocenters. The molecular formula is C28H40N2O5. The lowest BCUT2D eigenvalue weighted by atomic mass is 9.51. The molecule has 5 aliphatic rings. The highest BCUT2D eigenvalue weighted by Crippen LogP contribution is 2.64. The van der Waals surface area contributed by atoms with Crippen molar-refractivity contribution in [2.45, 2.75) is 101 Å². The molecule has 1 aromatic rings. The fourth-order valence-corrected chi connectivity index (χ4v) is 7.80. The molecule has 192 valence electrons. The number of benzene rings is 1. The molecule has 7 nitrogen and oxygen atoms in total. The summed E-state index contributed by atoms with van der Waals surface area (Å²) in [5.41, 5.74) is 1.94. The van der Waals surface area contributed by atoms with Crippen molar-refractivity contribution >= 4 is 5.97 Å². The number of phenolic OH excluding ortho intramolecular Hbond substituents is 1. The van der Waals surface area contributed by atoms with Gasteiger partial charge in [-0.2, -0.15) is 0 Å². The second-order valence-electron chi connectivity index (χ2n) is 12.5. The zero-order chi connectivity index (χ0) is 24.7. The number of nitrogens with one attached hydrogen (secondary N) is 1. The standard InChI is InChI=1S/C28H40N2O5/c1-15(26(32)35-27(2,3)4)29-19-8-7-18-20-12-16-6-9-21(31)24-23(16)28(18,25(19)34-24)10-11-30(20)14-17-13-22(17)33-5/h6,9,15,17-20,22,25,29,31H,7-8,10-14H2,1-5H3/t15-,17?,18-,19-,20+,22?,25-,28-/m0/s1. The molecule has 2 N–H and O–H groups in total. The summed E-state index contributed by atoms with van der Waals surface area (Å²) in [5.74, 6) is 1.84. The van der Waals surface area contributed by atoms with Crippen LogP contribution in [0.3, 0.4) is 0 Å². The first-order chi connectivity index (χ1) is 16.6. The predicted octanol–water partition coefficient (Wildman–Crippen LogP) is 3.15. The third-order valence-electron chi connectivity index (χ3n) is 9.29. The fourth-order valence-electron chi connectivity index (χ4n) is 7.80. The summed E-state index contributed by atoms with van der Waals surface area (Å²) in [7, 11) is 1.83. The van der Waals surface area contributed by atoms with Gasteiger partial charge >= 0.3 is 5.97 Å². The van der Waals surface area contributed by atoms with Gasteiger partial charge < -0.3 is 19.3 Å². The Balaban J connectivity index is 1.30. The lowest BCUT2D eigenvalue weighted by Gasteiger charge is -2.60. The van der Waals surface area contributed by atoms with Gasteiger partial charge in [-0.15, -0.1) is 0 Å². The molecule has 2 saturated carbocycles. The van der Waals surface area contributed by atoms with Crippen LogP contribution in [0.5, 0.6) is 11.5 Å². The summed E-state index contributed by atoms with van der Waals surface area (Å²) in [6, 6.07) is 4.01. The highest BCUT2D eigenvalue weighted by atomic mass is 16.6. The third kappa shape index (κ3) is 3.68. The van der Waals surface area contributed by atoms with E-state index in [2.05, 4.69) is 16.3 Å². The Morgan fingerprint density at radius 3 is 2.86 bits per heavy atom. The number of carbonyl (C=O) groups is 1. The number of phenols is 1. The monoisotopic (exact) mass is 484 g/mol. The van der Waals surface area contributed by atoms with Crippen LogP contribution in [0.1, 0.15) is 64.5 Å². The second-order valence-corrected chi connectivity index (χ2v) is 12.5. The second kappa shape index (κ2) is 8.09. The molecule has 7 heteroatoms. The number of rotatable bonds is 6. The van der Waals surface area contributed by atoms with Gasteiger partial charge in [-0.3, -0.25) is 15.0 Å². The fraction of sp³-hybridized carbons (Fsp3) is 0.750. The molecule has 2 aliphatic heterocycles. The van der Waals surface area contributed by atoms with E-state index in [-0.39, 0.29) is 29.3 Å². The first kappa shape index (κ1) is 23.6. The first-order valence-electron chi connectivity index (χ1n) is 13.4. The van der Waals surface area contributed by atoms with Crippen molar-refractivity contribution < 1.29 is 24.1 Å². The number of likely N-dealkylation sites (tertiary alicyclic amines) is 1. The van der Waals surface area contributed by atoms with Crippen molar-refractivity contribution in [3.8, 4) is 11.5 Å². The molecule has 1 aromatic carbocycles. The number of piperidine rings is 1. The van der Waals surface area contributed by atoms with Crippen LogP contribution in [-0.2, 0) is 26.1 Å². The summed E-state index contributed by atoms with van der Waals surface area (Å²) in [6.45, 7) is 9.73. The van der Waals surface area contributed by atoms with Crippen LogP contribution < -0.4 is 10.1 Å². The average molecular weight is 485 g/mol. The summed E-state index contributed by atoms with van der Waals surface area (Å²) >= 11 is 0. The van der Waals surface area contributed by atoms with Gasteiger partial charge in [-0.25, -0.2) is 0 Å². The van der Waals surface area contributed by atoms with Crippen molar-refractivity contribution in [2.75, 3.05) is 20.2 Å². The van der Waals surface area contributed by atoms with Crippen LogP contribution in [0.4, 0.5) is 0 Å². The van der Waals surface area contributed by atoms with Crippen molar-refractivity contribution in [3.05, 3.63) is 23.3 Å². The molecule has 0 radical (unpaired) electrons. The predicted molar refractivity (Wildman–Crippen MR) is 132 cm³/mol. The van der Waals surface area contributed by atoms with E-state index in [4.69, 9.17) is 14.2 Å². The highest BCUT2D eigenvalue weighted by Gasteiger charge is 2.66. The van der Waals surface area contributed by atoms with Gasteiger partial charge in [0, 0.05) is 42.6 Å². The smallest absolute Gasteiger partial charge is 0.323 e. The summed E-state index contributed by atoms with van der Waals surface area (Å²) in [5, 5.41) is 14.4. The zero-order valence-electron chi connectivity index (χ0n) is 21.7. The van der Waals surface area contributed by atoms with Crippen molar-refractivity contribution in [1.82, 2.24) is 10.2 Å². The van der Waals surface area contributed by atoms with Gasteiger partial charge in [0.25, 0.3) is 0 Å². The Bertz CT molecular complexity index is 1020. The Hall–Kier alpha value is -1.83. The maximum absolute atomic E-state index is 12.8. The summed E-state index contributed by atoms with van der Waals surface area (Å²) in [6.07, 6.45) is 5.57. The van der Waals surface area contributed by atoms with Crippen LogP contribution in [-0.4, -0.2) is 72.1 Å². The van der Waals surface area contributed by atoms with Crippen LogP contribution in [0, 0.1) is 11.8 Å². The Morgan fingerprint density at radius 2 is 2.14 bits per heavy atom. The van der Waals surface area contributed by atoms with E-state index in [1.54, 1.807) is 6.07 Å². The molecule has 1 saturated heterocycles. The molecule has 0 aromatic heterocycles. The lowest BCUT2D eigenvalue weighted by molar-refractivity contribution is -0.157. The molecule has 3 aliphatic carbocycles. The third-order valence-corrected chi connectivity index (χ3v) is 9.29. The normalized spacial score (nSPS) is 37.9. The van der Waals surface area contributed by atoms with Gasteiger partial charge in [0.05, 0.1) is 6.10 Å². The maximum atomic E-state index is 12.8. The van der Waals surface area contributed by atoms with Crippen molar-refractivity contribution in [2.24, 2.45) is 11.8 Å². The van der Waals surface area contributed by atoms with Gasteiger partial charge in [-0.05, 0) is 83.9 Å². The molecule has 8 atom stereocenters. The van der Waals surface area contributed by atoms with Gasteiger partial charge in [0.1, 0.15) is 17.7 Å². The number of aromatic hydroxyl groups is 1. The SMILES string of the molecule is COC1CC1CN1CC[C@]23c4c5ccc(O)c4O[C@H]2[C@@H](N[C@@H](C)C(=O)OC(C)(C)C)CC[C@H]3[C@H]1C5. The van der Waals surface area contributed by atoms with E-state index in [1.165, 1.54) is 17.5 Å². The van der Waals surface area contributed by atoms with Crippen LogP contribution in [0.25, 0.3) is 0 Å². The topological polar surface area (TPSA) is 80.3 Å².